The maximum atomic E-state index is 5.62. The summed E-state index contributed by atoms with van der Waals surface area (Å²) in [6.07, 6.45) is 0. The number of methoxy groups -OCH3 is 1. The van der Waals surface area contributed by atoms with Crippen LogP contribution in [0.2, 0.25) is 0 Å². The number of aryl methyl sites for hydroxylation is 1. The molecule has 6 heteroatoms. The zero-order valence-electron chi connectivity index (χ0n) is 16.4. The van der Waals surface area contributed by atoms with Gasteiger partial charge in [0, 0.05) is 18.0 Å². The van der Waals surface area contributed by atoms with Gasteiger partial charge in [-0.1, -0.05) is 13.5 Å². The molecule has 136 valence electrons. The van der Waals surface area contributed by atoms with Crippen molar-refractivity contribution in [2.75, 3.05) is 26.9 Å². The van der Waals surface area contributed by atoms with E-state index in [9.17, 15) is 0 Å². The minimum atomic E-state index is -0.0865. The Balaban J connectivity index is 0.00000243. The molecule has 0 unspecified atom stereocenters. The van der Waals surface area contributed by atoms with Crippen molar-refractivity contribution in [3.05, 3.63) is 41.6 Å². The molecule has 0 bridgehead atoms. The smallest absolute Gasteiger partial charge is 0.0829 e. The monoisotopic (exact) mass is 607 g/mol. The van der Waals surface area contributed by atoms with Gasteiger partial charge < -0.3 is 14.4 Å². The number of nitrogens with one attached hydrogen (secondary N) is 1. The van der Waals surface area contributed by atoms with Crippen LogP contribution in [0, 0.1) is 19.9 Å². The number of hydrogen-bond acceptors (Lipinski definition) is 4. The number of morpholine rings is 1. The Morgan fingerprint density at radius 2 is 2.15 bits per heavy atom. The van der Waals surface area contributed by atoms with Gasteiger partial charge in [-0.2, -0.15) is 11.2 Å². The molecule has 1 N–H and O–H groups in total. The molecule has 0 spiro atoms. The first-order valence-electron chi connectivity index (χ1n) is 8.51. The van der Waals surface area contributed by atoms with Gasteiger partial charge in [-0.05, 0) is 26.3 Å². The van der Waals surface area contributed by atoms with Crippen LogP contribution in [0.3, 0.4) is 0 Å². The average molecular weight is 607 g/mol. The molecule has 0 amide bonds. The minimum Gasteiger partial charge on any atom is -0.523 e. The Morgan fingerprint density at radius 3 is 2.77 bits per heavy atom. The molecule has 5 nitrogen and oxygen atoms in total. The molecule has 0 aliphatic carbocycles. The van der Waals surface area contributed by atoms with E-state index in [0.29, 0.717) is 6.61 Å². The van der Waals surface area contributed by atoms with Gasteiger partial charge in [0.15, 0.2) is 0 Å². The summed E-state index contributed by atoms with van der Waals surface area (Å²) in [5.74, 6) is 0.731. The summed E-state index contributed by atoms with van der Waals surface area (Å²) in [4.78, 5) is 2.30. The number of aromatic nitrogens is 2. The van der Waals surface area contributed by atoms with Gasteiger partial charge in [-0.25, -0.2) is 0 Å². The molecule has 1 saturated heterocycles. The summed E-state index contributed by atoms with van der Waals surface area (Å²) < 4.78 is 10.9. The molecule has 0 saturated carbocycles. The quantitative estimate of drug-likeness (QED) is 0.541. The van der Waals surface area contributed by atoms with E-state index in [0.717, 1.165) is 52.7 Å². The van der Waals surface area contributed by atoms with Crippen LogP contribution in [0.1, 0.15) is 30.7 Å². The van der Waals surface area contributed by atoms with Crippen molar-refractivity contribution in [3.63, 3.8) is 0 Å². The third kappa shape index (κ3) is 3.14. The number of hydrogen-bond donors (Lipinski definition) is 1. The summed E-state index contributed by atoms with van der Waals surface area (Å²) in [6, 6.07) is 7.05. The first kappa shape index (κ1) is 19.1. The van der Waals surface area contributed by atoms with Crippen molar-refractivity contribution < 1.29 is 9.47 Å². The number of aromatic amines is 1. The molecule has 2 heterocycles. The van der Waals surface area contributed by atoms with Crippen LogP contribution in [0.25, 0.3) is 17.0 Å². The van der Waals surface area contributed by atoms with Gasteiger partial charge in [0.05, 0.1) is 37.3 Å². The predicted octanol–water partition coefficient (Wildman–Crippen LogP) is 3.58. The van der Waals surface area contributed by atoms with Crippen molar-refractivity contribution in [3.8, 4) is 17.0 Å². The largest absolute Gasteiger partial charge is 0.523 e. The minimum absolute atomic E-state index is 0. The maximum Gasteiger partial charge on any atom is 0.0829 e. The first-order chi connectivity index (χ1) is 11.8. The second-order valence-corrected chi connectivity index (χ2v) is 7.13. The molecule has 1 aromatic carbocycles. The van der Waals surface area contributed by atoms with Crippen molar-refractivity contribution in [2.45, 2.75) is 33.2 Å². The molecule has 1 aliphatic rings. The summed E-state index contributed by atoms with van der Waals surface area (Å²) in [7, 11) is 1.65. The van der Waals surface area contributed by atoms with E-state index in [1.165, 1.54) is 0 Å². The van der Waals surface area contributed by atoms with Gasteiger partial charge in [0.2, 0.25) is 0 Å². The van der Waals surface area contributed by atoms with Crippen LogP contribution in [0.5, 0.6) is 5.75 Å². The molecule has 26 heavy (non-hydrogen) atoms. The van der Waals surface area contributed by atoms with Crippen LogP contribution in [-0.4, -0.2) is 47.5 Å². The van der Waals surface area contributed by atoms with Crippen molar-refractivity contribution in [1.82, 2.24) is 15.1 Å². The van der Waals surface area contributed by atoms with E-state index < -0.39 is 0 Å². The third-order valence-electron chi connectivity index (χ3n) is 4.88. The molecule has 2 aromatic rings. The van der Waals surface area contributed by atoms with Crippen LogP contribution < -0.4 is 4.74 Å². The zero-order chi connectivity index (χ0) is 18.2. The van der Waals surface area contributed by atoms with Crippen molar-refractivity contribution in [2.24, 2.45) is 0 Å². The van der Waals surface area contributed by atoms with Crippen molar-refractivity contribution in [1.29, 1.82) is 0 Å². The molecule has 1 fully saturated rings. The number of nitrogens with zero attached hydrogens (tertiary/aromatic N) is 2. The fraction of sp³-hybridized carbons (Fsp3) is 0.450. The van der Waals surface area contributed by atoms with Gasteiger partial charge in [-0.15, -0.1) is 23.3 Å². The molecule has 1 aromatic heterocycles. The van der Waals surface area contributed by atoms with E-state index >= 15 is 0 Å². The Bertz CT molecular complexity index is 798. The molecule has 0 radical (unpaired) electrons. The normalized spacial score (nSPS) is 16.1. The molecule has 1 aliphatic heterocycles. The van der Waals surface area contributed by atoms with E-state index in [4.69, 9.17) is 9.47 Å². The Morgan fingerprint density at radius 1 is 1.42 bits per heavy atom. The fourth-order valence-electron chi connectivity index (χ4n) is 3.38. The SMILES string of the molecule is C=C(c1[nH]nc(-c2c[c-]c(OC)cc2C)c1C)N1CCOCC1(C)C.[Rf]. The number of H-pyrrole nitrogens is 1. The predicted molar refractivity (Wildman–Crippen MR) is 99.5 cm³/mol. The average Bonchev–Trinajstić information content (AvgIpc) is 2.95. The molecular weight excluding hydrogens is 581 g/mol. The van der Waals surface area contributed by atoms with Crippen LogP contribution in [0.15, 0.2) is 18.7 Å². The number of benzene rings is 1. The summed E-state index contributed by atoms with van der Waals surface area (Å²) in [6.45, 7) is 15.1. The van der Waals surface area contributed by atoms with E-state index in [1.807, 2.05) is 12.1 Å². The third-order valence-corrected chi connectivity index (χ3v) is 4.88. The van der Waals surface area contributed by atoms with Gasteiger partial charge in [0.1, 0.15) is 0 Å². The fourth-order valence-corrected chi connectivity index (χ4v) is 3.38. The Labute approximate surface area is 149 Å². The molecule has 3 rings (SSSR count). The maximum absolute atomic E-state index is 5.62. The Kier molecular flexibility index (Phi) is 5.07. The molecular formula is C20H26N3O2Rf-. The van der Waals surface area contributed by atoms with E-state index in [1.54, 1.807) is 7.11 Å². The van der Waals surface area contributed by atoms with Crippen LogP contribution >= 0.6 is 0 Å². The topological polar surface area (TPSA) is 50.4 Å². The van der Waals surface area contributed by atoms with E-state index in [2.05, 4.69) is 55.4 Å². The summed E-state index contributed by atoms with van der Waals surface area (Å²) >= 11 is 0. The summed E-state index contributed by atoms with van der Waals surface area (Å²) in [5, 5.41) is 7.75. The second-order valence-electron chi connectivity index (χ2n) is 7.13. The number of ether oxygens (including phenoxy) is 2. The molecule has 0 atom stereocenters. The van der Waals surface area contributed by atoms with Gasteiger partial charge in [-0.3, -0.25) is 5.10 Å². The second kappa shape index (κ2) is 6.92. The Hall–Kier alpha value is -3.27. The van der Waals surface area contributed by atoms with Crippen LogP contribution in [-0.2, 0) is 4.74 Å². The standard InChI is InChI=1S/C20H26N3O2.Rf/c1-13-11-16(24-6)7-8-17(13)19-14(2)18(21-22-19)15(3)23-9-10-25-12-20(23,4)5;/h8,11H,3,9-10,12H2,1-2,4-6H3,(H,21,22);/q-1;. The first-order valence-corrected chi connectivity index (χ1v) is 8.51. The van der Waals surface area contributed by atoms with Gasteiger partial charge in [0.25, 0.3) is 0 Å². The van der Waals surface area contributed by atoms with Crippen LogP contribution in [0.4, 0.5) is 0 Å². The summed E-state index contributed by atoms with van der Waals surface area (Å²) in [5.41, 5.74) is 6.02. The van der Waals surface area contributed by atoms with E-state index in [-0.39, 0.29) is 5.54 Å². The van der Waals surface area contributed by atoms with Crippen molar-refractivity contribution >= 4 is 5.70 Å². The number of rotatable bonds is 4. The zero-order valence-corrected chi connectivity index (χ0v) is 22.8. The van der Waals surface area contributed by atoms with Gasteiger partial charge >= 0.3 is 0 Å².